The van der Waals surface area contributed by atoms with E-state index in [2.05, 4.69) is 20.8 Å². The van der Waals surface area contributed by atoms with Crippen LogP contribution in [0.3, 0.4) is 0 Å². The van der Waals surface area contributed by atoms with Crippen LogP contribution in [-0.4, -0.2) is 29.0 Å². The summed E-state index contributed by atoms with van der Waals surface area (Å²) in [6, 6.07) is 11.6. The minimum atomic E-state index is -0.0200. The molecule has 2 heterocycles. The van der Waals surface area contributed by atoms with Crippen molar-refractivity contribution in [1.82, 2.24) is 15.5 Å². The van der Waals surface area contributed by atoms with Gasteiger partial charge < -0.3 is 15.4 Å². The predicted molar refractivity (Wildman–Crippen MR) is 108 cm³/mol. The van der Waals surface area contributed by atoms with Gasteiger partial charge in [-0.15, -0.1) is 21.5 Å². The molecule has 0 aliphatic rings. The van der Waals surface area contributed by atoms with Gasteiger partial charge in [-0.3, -0.25) is 4.79 Å². The summed E-state index contributed by atoms with van der Waals surface area (Å²) in [5, 5.41) is 17.1. The molecule has 136 valence electrons. The van der Waals surface area contributed by atoms with Gasteiger partial charge in [-0.25, -0.2) is 0 Å². The standard InChI is InChI=1S/C17H18N4O2S3/c1-11(14-7-4-8-24-14)18-15(22)10-25-17-21-20-16(26-17)19-12-5-3-6-13(9-12)23-2/h3-9,11H,10H2,1-2H3,(H,18,22)(H,19,20). The zero-order chi connectivity index (χ0) is 18.4. The number of thiophene rings is 1. The second-order valence-corrected chi connectivity index (χ2v) is 8.50. The molecule has 26 heavy (non-hydrogen) atoms. The van der Waals surface area contributed by atoms with E-state index in [1.807, 2.05) is 48.7 Å². The number of ether oxygens (including phenoxy) is 1. The van der Waals surface area contributed by atoms with Crippen molar-refractivity contribution in [2.75, 3.05) is 18.2 Å². The van der Waals surface area contributed by atoms with Crippen LogP contribution in [0.25, 0.3) is 0 Å². The summed E-state index contributed by atoms with van der Waals surface area (Å²) in [4.78, 5) is 13.2. The number of aromatic nitrogens is 2. The van der Waals surface area contributed by atoms with Crippen LogP contribution in [0.1, 0.15) is 17.8 Å². The summed E-state index contributed by atoms with van der Waals surface area (Å²) >= 11 is 4.42. The number of nitrogens with one attached hydrogen (secondary N) is 2. The van der Waals surface area contributed by atoms with E-state index in [1.54, 1.807) is 18.4 Å². The predicted octanol–water partition coefficient (Wildman–Crippen LogP) is 4.32. The monoisotopic (exact) mass is 406 g/mol. The molecule has 0 aliphatic carbocycles. The Bertz CT molecular complexity index is 851. The summed E-state index contributed by atoms with van der Waals surface area (Å²) in [7, 11) is 1.63. The maximum absolute atomic E-state index is 12.1. The van der Waals surface area contributed by atoms with Gasteiger partial charge in [0.2, 0.25) is 11.0 Å². The smallest absolute Gasteiger partial charge is 0.230 e. The summed E-state index contributed by atoms with van der Waals surface area (Å²) in [6.45, 7) is 1.98. The van der Waals surface area contributed by atoms with Crippen LogP contribution in [-0.2, 0) is 4.79 Å². The third-order valence-corrected chi connectivity index (χ3v) is 6.43. The Labute approximate surface area is 164 Å². The zero-order valence-corrected chi connectivity index (χ0v) is 16.7. The number of amides is 1. The maximum Gasteiger partial charge on any atom is 0.230 e. The van der Waals surface area contributed by atoms with E-state index in [0.29, 0.717) is 10.9 Å². The molecule has 2 N–H and O–H groups in total. The molecule has 0 saturated heterocycles. The molecule has 1 atom stereocenters. The quantitative estimate of drug-likeness (QED) is 0.543. The summed E-state index contributed by atoms with van der Waals surface area (Å²) in [5.74, 6) is 1.06. The van der Waals surface area contributed by atoms with Crippen LogP contribution in [0.15, 0.2) is 46.1 Å². The largest absolute Gasteiger partial charge is 0.497 e. The number of nitrogens with zero attached hydrogens (tertiary/aromatic N) is 2. The lowest BCUT2D eigenvalue weighted by Crippen LogP contribution is -2.27. The second kappa shape index (κ2) is 9.02. The Morgan fingerprint density at radius 1 is 1.31 bits per heavy atom. The topological polar surface area (TPSA) is 76.1 Å². The number of carbonyl (C=O) groups excluding carboxylic acids is 1. The minimum absolute atomic E-state index is 0.0165. The molecule has 1 unspecified atom stereocenters. The van der Waals surface area contributed by atoms with Crippen molar-refractivity contribution in [2.45, 2.75) is 17.3 Å². The Hall–Kier alpha value is -2.10. The van der Waals surface area contributed by atoms with E-state index in [1.165, 1.54) is 23.1 Å². The SMILES string of the molecule is COc1cccc(Nc2nnc(SCC(=O)NC(C)c3cccs3)s2)c1. The Kier molecular flexibility index (Phi) is 6.48. The molecule has 0 fully saturated rings. The maximum atomic E-state index is 12.1. The average Bonchev–Trinajstić information content (AvgIpc) is 3.32. The molecule has 3 rings (SSSR count). The Morgan fingerprint density at radius 3 is 2.96 bits per heavy atom. The fourth-order valence-electron chi connectivity index (χ4n) is 2.16. The van der Waals surface area contributed by atoms with Crippen LogP contribution >= 0.6 is 34.4 Å². The molecule has 1 aromatic carbocycles. The molecular formula is C17H18N4O2S3. The molecule has 0 radical (unpaired) electrons. The summed E-state index contributed by atoms with van der Waals surface area (Å²) < 4.78 is 5.95. The first-order chi connectivity index (χ1) is 12.6. The number of benzene rings is 1. The fraction of sp³-hybridized carbons (Fsp3) is 0.235. The fourth-order valence-corrected chi connectivity index (χ4v) is 4.48. The average molecular weight is 407 g/mol. The molecule has 3 aromatic rings. The van der Waals surface area contributed by atoms with Crippen molar-refractivity contribution in [2.24, 2.45) is 0 Å². The van der Waals surface area contributed by atoms with E-state index in [-0.39, 0.29) is 11.9 Å². The van der Waals surface area contributed by atoms with Crippen molar-refractivity contribution in [3.8, 4) is 5.75 Å². The molecule has 2 aromatic heterocycles. The van der Waals surface area contributed by atoms with Crippen LogP contribution in [0.5, 0.6) is 5.75 Å². The first kappa shape index (κ1) is 18.7. The third kappa shape index (κ3) is 5.20. The highest BCUT2D eigenvalue weighted by molar-refractivity contribution is 8.01. The second-order valence-electron chi connectivity index (χ2n) is 5.32. The summed E-state index contributed by atoms with van der Waals surface area (Å²) in [6.07, 6.45) is 0. The van der Waals surface area contributed by atoms with E-state index in [0.717, 1.165) is 20.7 Å². The summed E-state index contributed by atoms with van der Waals surface area (Å²) in [5.41, 5.74) is 0.875. The van der Waals surface area contributed by atoms with Crippen LogP contribution < -0.4 is 15.4 Å². The molecular weight excluding hydrogens is 388 g/mol. The number of hydrogen-bond acceptors (Lipinski definition) is 8. The third-order valence-electron chi connectivity index (χ3n) is 3.40. The Morgan fingerprint density at radius 2 is 2.19 bits per heavy atom. The van der Waals surface area contributed by atoms with Crippen molar-refractivity contribution >= 4 is 51.2 Å². The number of methoxy groups -OCH3 is 1. The molecule has 6 nitrogen and oxygen atoms in total. The van der Waals surface area contributed by atoms with Gasteiger partial charge in [-0.2, -0.15) is 0 Å². The van der Waals surface area contributed by atoms with Crippen molar-refractivity contribution in [1.29, 1.82) is 0 Å². The first-order valence-electron chi connectivity index (χ1n) is 7.84. The van der Waals surface area contributed by atoms with Gasteiger partial charge in [-0.1, -0.05) is 35.2 Å². The van der Waals surface area contributed by atoms with Crippen LogP contribution in [0.2, 0.25) is 0 Å². The lowest BCUT2D eigenvalue weighted by atomic mass is 10.3. The minimum Gasteiger partial charge on any atom is -0.497 e. The first-order valence-corrected chi connectivity index (χ1v) is 10.5. The molecule has 9 heteroatoms. The molecule has 0 spiro atoms. The molecule has 0 aliphatic heterocycles. The molecule has 1 amide bonds. The Balaban J connectivity index is 1.49. The van der Waals surface area contributed by atoms with Gasteiger partial charge in [0.15, 0.2) is 4.34 Å². The van der Waals surface area contributed by atoms with Gasteiger partial charge >= 0.3 is 0 Å². The number of carbonyl (C=O) groups is 1. The highest BCUT2D eigenvalue weighted by Crippen LogP contribution is 2.28. The van der Waals surface area contributed by atoms with Crippen molar-refractivity contribution in [3.63, 3.8) is 0 Å². The highest BCUT2D eigenvalue weighted by atomic mass is 32.2. The van der Waals surface area contributed by atoms with E-state index < -0.39 is 0 Å². The van der Waals surface area contributed by atoms with Gasteiger partial charge in [-0.05, 0) is 30.5 Å². The van der Waals surface area contributed by atoms with Gasteiger partial charge in [0, 0.05) is 16.6 Å². The van der Waals surface area contributed by atoms with E-state index in [4.69, 9.17) is 4.74 Å². The highest BCUT2D eigenvalue weighted by Gasteiger charge is 2.12. The van der Waals surface area contributed by atoms with Gasteiger partial charge in [0.25, 0.3) is 0 Å². The molecule has 0 saturated carbocycles. The number of anilines is 2. The van der Waals surface area contributed by atoms with Crippen molar-refractivity contribution in [3.05, 3.63) is 46.7 Å². The lowest BCUT2D eigenvalue weighted by molar-refractivity contribution is -0.119. The van der Waals surface area contributed by atoms with E-state index in [9.17, 15) is 4.79 Å². The number of thioether (sulfide) groups is 1. The van der Waals surface area contributed by atoms with Crippen LogP contribution in [0, 0.1) is 0 Å². The molecule has 0 bridgehead atoms. The van der Waals surface area contributed by atoms with Crippen LogP contribution in [0.4, 0.5) is 10.8 Å². The van der Waals surface area contributed by atoms with Crippen molar-refractivity contribution < 1.29 is 9.53 Å². The normalized spacial score (nSPS) is 11.8. The number of hydrogen-bond donors (Lipinski definition) is 2. The van der Waals surface area contributed by atoms with Gasteiger partial charge in [0.1, 0.15) is 5.75 Å². The van der Waals surface area contributed by atoms with E-state index >= 15 is 0 Å². The zero-order valence-electron chi connectivity index (χ0n) is 14.3. The van der Waals surface area contributed by atoms with Gasteiger partial charge in [0.05, 0.1) is 18.9 Å². The lowest BCUT2D eigenvalue weighted by Gasteiger charge is -2.11. The number of rotatable bonds is 8.